The van der Waals surface area contributed by atoms with E-state index >= 15 is 0 Å². The molecule has 0 aromatic heterocycles. The lowest BCUT2D eigenvalue weighted by Crippen LogP contribution is -2.36. The summed E-state index contributed by atoms with van der Waals surface area (Å²) in [6, 6.07) is 9.89. The minimum absolute atomic E-state index is 0.00260. The van der Waals surface area contributed by atoms with Gasteiger partial charge in [-0.2, -0.15) is 0 Å². The Balaban J connectivity index is 2.07. The van der Waals surface area contributed by atoms with Gasteiger partial charge < -0.3 is 16.0 Å². The molecule has 1 aromatic carbocycles. The van der Waals surface area contributed by atoms with E-state index in [0.29, 0.717) is 19.5 Å². The molecule has 1 rings (SSSR count). The van der Waals surface area contributed by atoms with Crippen molar-refractivity contribution in [3.8, 4) is 0 Å². The Hall–Kier alpha value is -1.88. The fraction of sp³-hybridized carbons (Fsp3) is 0.467. The van der Waals surface area contributed by atoms with Crippen LogP contribution in [0.1, 0.15) is 25.8 Å². The Labute approximate surface area is 120 Å². The van der Waals surface area contributed by atoms with Crippen molar-refractivity contribution in [3.63, 3.8) is 0 Å². The van der Waals surface area contributed by atoms with Gasteiger partial charge in [0, 0.05) is 25.6 Å². The van der Waals surface area contributed by atoms with E-state index in [-0.39, 0.29) is 24.4 Å². The first-order valence-electron chi connectivity index (χ1n) is 6.88. The van der Waals surface area contributed by atoms with Crippen LogP contribution in [-0.2, 0) is 16.1 Å². The van der Waals surface area contributed by atoms with Crippen molar-refractivity contribution in [1.82, 2.24) is 16.0 Å². The molecule has 0 saturated carbocycles. The van der Waals surface area contributed by atoms with E-state index in [9.17, 15) is 9.59 Å². The number of rotatable bonds is 8. The van der Waals surface area contributed by atoms with Crippen LogP contribution in [0.5, 0.6) is 0 Å². The molecule has 5 nitrogen and oxygen atoms in total. The van der Waals surface area contributed by atoms with Crippen LogP contribution in [0.3, 0.4) is 0 Å². The topological polar surface area (TPSA) is 70.2 Å². The predicted molar refractivity (Wildman–Crippen MR) is 79.1 cm³/mol. The highest BCUT2D eigenvalue weighted by atomic mass is 16.2. The molecule has 0 heterocycles. The molecule has 2 amide bonds. The number of carbonyl (C=O) groups excluding carboxylic acids is 2. The molecule has 0 radical (unpaired) electrons. The van der Waals surface area contributed by atoms with E-state index in [2.05, 4.69) is 16.0 Å². The standard InChI is InChI=1S/C15H23N3O2/c1-12(2)18-14(19)8-9-16-11-15(20)17-10-13-6-4-3-5-7-13/h3-7,12,16H,8-11H2,1-2H3,(H,17,20)(H,18,19). The van der Waals surface area contributed by atoms with Gasteiger partial charge in [-0.1, -0.05) is 30.3 Å². The smallest absolute Gasteiger partial charge is 0.234 e. The number of benzene rings is 1. The maximum atomic E-state index is 11.6. The lowest BCUT2D eigenvalue weighted by molar-refractivity contribution is -0.122. The summed E-state index contributed by atoms with van der Waals surface area (Å²) in [6.45, 7) is 5.08. The zero-order valence-electron chi connectivity index (χ0n) is 12.1. The summed E-state index contributed by atoms with van der Waals surface area (Å²) >= 11 is 0. The monoisotopic (exact) mass is 277 g/mol. The number of hydrogen-bond donors (Lipinski definition) is 3. The van der Waals surface area contributed by atoms with Crippen LogP contribution in [0, 0.1) is 0 Å². The Morgan fingerprint density at radius 1 is 1.10 bits per heavy atom. The van der Waals surface area contributed by atoms with E-state index < -0.39 is 0 Å². The van der Waals surface area contributed by atoms with E-state index in [1.807, 2.05) is 44.2 Å². The second-order valence-electron chi connectivity index (χ2n) is 4.91. The Kier molecular flexibility index (Phi) is 7.35. The van der Waals surface area contributed by atoms with Gasteiger partial charge in [-0.3, -0.25) is 9.59 Å². The van der Waals surface area contributed by atoms with Gasteiger partial charge in [-0.25, -0.2) is 0 Å². The molecule has 0 atom stereocenters. The second-order valence-corrected chi connectivity index (χ2v) is 4.91. The van der Waals surface area contributed by atoms with Gasteiger partial charge in [-0.05, 0) is 19.4 Å². The maximum Gasteiger partial charge on any atom is 0.234 e. The van der Waals surface area contributed by atoms with Crippen molar-refractivity contribution in [2.75, 3.05) is 13.1 Å². The zero-order chi connectivity index (χ0) is 14.8. The molecule has 0 spiro atoms. The molecule has 3 N–H and O–H groups in total. The van der Waals surface area contributed by atoms with Gasteiger partial charge in [0.1, 0.15) is 0 Å². The fourth-order valence-corrected chi connectivity index (χ4v) is 1.66. The second kappa shape index (κ2) is 9.09. The van der Waals surface area contributed by atoms with Crippen molar-refractivity contribution in [1.29, 1.82) is 0 Å². The van der Waals surface area contributed by atoms with Gasteiger partial charge in [0.25, 0.3) is 0 Å². The van der Waals surface area contributed by atoms with E-state index in [1.54, 1.807) is 0 Å². The lowest BCUT2D eigenvalue weighted by Gasteiger charge is -2.09. The van der Waals surface area contributed by atoms with E-state index in [0.717, 1.165) is 5.56 Å². The van der Waals surface area contributed by atoms with Crippen LogP contribution in [0.2, 0.25) is 0 Å². The third-order valence-electron chi connectivity index (χ3n) is 2.60. The quantitative estimate of drug-likeness (QED) is 0.616. The number of carbonyl (C=O) groups is 2. The summed E-state index contributed by atoms with van der Waals surface area (Å²) in [5, 5.41) is 8.57. The normalized spacial score (nSPS) is 10.3. The highest BCUT2D eigenvalue weighted by molar-refractivity contribution is 5.78. The minimum Gasteiger partial charge on any atom is -0.354 e. The minimum atomic E-state index is -0.0712. The van der Waals surface area contributed by atoms with Crippen molar-refractivity contribution >= 4 is 11.8 Å². The average molecular weight is 277 g/mol. The molecule has 0 aliphatic rings. The number of amides is 2. The first-order chi connectivity index (χ1) is 9.58. The van der Waals surface area contributed by atoms with Gasteiger partial charge in [-0.15, -0.1) is 0 Å². The zero-order valence-corrected chi connectivity index (χ0v) is 12.1. The van der Waals surface area contributed by atoms with Crippen LogP contribution >= 0.6 is 0 Å². The molecule has 1 aromatic rings. The predicted octanol–water partition coefficient (Wildman–Crippen LogP) is 0.807. The molecule has 0 saturated heterocycles. The van der Waals surface area contributed by atoms with Crippen molar-refractivity contribution in [2.45, 2.75) is 32.9 Å². The van der Waals surface area contributed by atoms with Gasteiger partial charge in [0.05, 0.1) is 6.54 Å². The van der Waals surface area contributed by atoms with Crippen LogP contribution in [0.25, 0.3) is 0 Å². The molecule has 0 unspecified atom stereocenters. The van der Waals surface area contributed by atoms with Crippen LogP contribution in [0.15, 0.2) is 30.3 Å². The van der Waals surface area contributed by atoms with Gasteiger partial charge >= 0.3 is 0 Å². The highest BCUT2D eigenvalue weighted by Gasteiger charge is 2.04. The third kappa shape index (κ3) is 7.53. The van der Waals surface area contributed by atoms with Crippen molar-refractivity contribution in [3.05, 3.63) is 35.9 Å². The van der Waals surface area contributed by atoms with Crippen LogP contribution < -0.4 is 16.0 Å². The number of hydrogen-bond acceptors (Lipinski definition) is 3. The van der Waals surface area contributed by atoms with E-state index in [1.165, 1.54) is 0 Å². The largest absolute Gasteiger partial charge is 0.354 e. The molecule has 0 fully saturated rings. The molecule has 5 heteroatoms. The Morgan fingerprint density at radius 2 is 1.80 bits per heavy atom. The number of nitrogens with one attached hydrogen (secondary N) is 3. The molecular formula is C15H23N3O2. The summed E-state index contributed by atoms with van der Waals surface area (Å²) in [7, 11) is 0. The first kappa shape index (κ1) is 16.2. The van der Waals surface area contributed by atoms with Crippen LogP contribution in [0.4, 0.5) is 0 Å². The molecule has 0 aliphatic carbocycles. The van der Waals surface area contributed by atoms with Crippen molar-refractivity contribution in [2.24, 2.45) is 0 Å². The highest BCUT2D eigenvalue weighted by Crippen LogP contribution is 1.96. The molecular weight excluding hydrogens is 254 g/mol. The molecule has 20 heavy (non-hydrogen) atoms. The van der Waals surface area contributed by atoms with Gasteiger partial charge in [0.2, 0.25) is 11.8 Å². The molecule has 0 aliphatic heterocycles. The average Bonchev–Trinajstić information content (AvgIpc) is 2.42. The summed E-state index contributed by atoms with van der Waals surface area (Å²) in [4.78, 5) is 22.9. The Morgan fingerprint density at radius 3 is 2.45 bits per heavy atom. The summed E-state index contributed by atoms with van der Waals surface area (Å²) in [6.07, 6.45) is 0.379. The SMILES string of the molecule is CC(C)NC(=O)CCNCC(=O)NCc1ccccc1. The lowest BCUT2D eigenvalue weighted by atomic mass is 10.2. The summed E-state index contributed by atoms with van der Waals surface area (Å²) < 4.78 is 0. The molecule has 0 bridgehead atoms. The summed E-state index contributed by atoms with van der Waals surface area (Å²) in [5.74, 6) is -0.0738. The van der Waals surface area contributed by atoms with Gasteiger partial charge in [0.15, 0.2) is 0 Å². The van der Waals surface area contributed by atoms with Crippen LogP contribution in [-0.4, -0.2) is 30.9 Å². The van der Waals surface area contributed by atoms with Crippen molar-refractivity contribution < 1.29 is 9.59 Å². The first-order valence-corrected chi connectivity index (χ1v) is 6.88. The summed E-state index contributed by atoms with van der Waals surface area (Å²) in [5.41, 5.74) is 1.07. The fourth-order valence-electron chi connectivity index (χ4n) is 1.66. The molecule has 110 valence electrons. The van der Waals surface area contributed by atoms with E-state index in [4.69, 9.17) is 0 Å². The maximum absolute atomic E-state index is 11.6. The third-order valence-corrected chi connectivity index (χ3v) is 2.60. The Bertz CT molecular complexity index is 418.